The van der Waals surface area contributed by atoms with Crippen LogP contribution in [0, 0.1) is 0 Å². The summed E-state index contributed by atoms with van der Waals surface area (Å²) >= 11 is 0. The standard InChI is InChI=1S/C43H55NO10/c1-43(2,3)54-42(46)44-24-39(52-26-30-22-32-12-7-9-14-36(32)38(23-30)49-6)41(40(25-44)53-29-34(45)28-47-4)31-16-18-35(19-17-31)51-21-11-20-50-27-33-13-8-10-15-37(33)48-5/h7-10,12-19,22-23,34,39-41,45H,11,20-21,24-29H2,1-6H3/t34-,39-,40+,41+/m0/s1. The first-order valence-electron chi connectivity index (χ1n) is 18.4. The molecule has 0 aromatic heterocycles. The predicted molar refractivity (Wildman–Crippen MR) is 206 cm³/mol. The minimum atomic E-state index is -0.841. The molecule has 0 bridgehead atoms. The second kappa shape index (κ2) is 19.8. The van der Waals surface area contributed by atoms with Crippen LogP contribution >= 0.6 is 0 Å². The topological polar surface area (TPSA) is 114 Å². The number of amides is 1. The molecule has 11 heteroatoms. The summed E-state index contributed by atoms with van der Waals surface area (Å²) in [6.07, 6.45) is -1.59. The highest BCUT2D eigenvalue weighted by Gasteiger charge is 2.42. The average Bonchev–Trinajstić information content (AvgIpc) is 3.16. The monoisotopic (exact) mass is 745 g/mol. The Morgan fingerprint density at radius 2 is 1.52 bits per heavy atom. The van der Waals surface area contributed by atoms with E-state index in [-0.39, 0.29) is 38.8 Å². The Labute approximate surface area is 319 Å². The number of aliphatic hydroxyl groups is 1. The zero-order chi connectivity index (χ0) is 38.5. The Balaban J connectivity index is 1.32. The third-order valence-corrected chi connectivity index (χ3v) is 9.10. The molecule has 0 saturated carbocycles. The molecule has 1 N–H and O–H groups in total. The van der Waals surface area contributed by atoms with Crippen LogP contribution < -0.4 is 14.2 Å². The van der Waals surface area contributed by atoms with E-state index in [4.69, 9.17) is 37.9 Å². The molecule has 0 radical (unpaired) electrons. The summed E-state index contributed by atoms with van der Waals surface area (Å²) in [4.78, 5) is 15.1. The molecule has 0 unspecified atom stereocenters. The van der Waals surface area contributed by atoms with Crippen LogP contribution in [0.2, 0.25) is 0 Å². The Kier molecular flexibility index (Phi) is 15.0. The van der Waals surface area contributed by atoms with Crippen molar-refractivity contribution >= 4 is 16.9 Å². The van der Waals surface area contributed by atoms with Crippen LogP contribution in [0.15, 0.2) is 84.9 Å². The summed E-state index contributed by atoms with van der Waals surface area (Å²) in [7, 11) is 4.84. The summed E-state index contributed by atoms with van der Waals surface area (Å²) in [5, 5.41) is 12.6. The van der Waals surface area contributed by atoms with E-state index in [1.165, 1.54) is 7.11 Å². The minimum absolute atomic E-state index is 0.0199. The SMILES string of the molecule is COC[C@H](O)CO[C@@H]1CN(C(=O)OC(C)(C)C)C[C@H](OCc2cc(OC)c3ccccc3c2)[C@H]1c1ccc(OCCCOCc2ccccc2OC)cc1. The van der Waals surface area contributed by atoms with Crippen molar-refractivity contribution in [2.45, 2.75) is 70.2 Å². The molecule has 4 aromatic rings. The van der Waals surface area contributed by atoms with Crippen molar-refractivity contribution < 1.29 is 47.8 Å². The molecule has 1 amide bonds. The van der Waals surface area contributed by atoms with Crippen molar-refractivity contribution in [3.63, 3.8) is 0 Å². The van der Waals surface area contributed by atoms with Gasteiger partial charge in [-0.1, -0.05) is 54.6 Å². The number of hydrogen-bond donors (Lipinski definition) is 1. The molecule has 54 heavy (non-hydrogen) atoms. The number of likely N-dealkylation sites (tertiary alicyclic amines) is 1. The molecule has 0 aliphatic carbocycles. The molecular weight excluding hydrogens is 690 g/mol. The van der Waals surface area contributed by atoms with E-state index in [1.807, 2.05) is 99.6 Å². The number of rotatable bonds is 18. The fourth-order valence-electron chi connectivity index (χ4n) is 6.60. The van der Waals surface area contributed by atoms with Crippen LogP contribution in [-0.2, 0) is 36.9 Å². The number of aliphatic hydroxyl groups excluding tert-OH is 1. The van der Waals surface area contributed by atoms with E-state index in [0.29, 0.717) is 19.8 Å². The second-order valence-electron chi connectivity index (χ2n) is 14.4. The van der Waals surface area contributed by atoms with Crippen molar-refractivity contribution in [3.05, 3.63) is 102 Å². The number of benzene rings is 4. The zero-order valence-electron chi connectivity index (χ0n) is 32.3. The normalized spacial score (nSPS) is 18.0. The van der Waals surface area contributed by atoms with Gasteiger partial charge in [0.1, 0.15) is 29.0 Å². The van der Waals surface area contributed by atoms with Crippen molar-refractivity contribution in [3.8, 4) is 17.2 Å². The Morgan fingerprint density at radius 3 is 2.24 bits per heavy atom. The molecule has 292 valence electrons. The molecule has 1 heterocycles. The summed E-state index contributed by atoms with van der Waals surface area (Å²) in [6.45, 7) is 7.95. The smallest absolute Gasteiger partial charge is 0.410 e. The molecule has 11 nitrogen and oxygen atoms in total. The zero-order valence-corrected chi connectivity index (χ0v) is 32.3. The number of fused-ring (bicyclic) bond motifs is 1. The van der Waals surface area contributed by atoms with Gasteiger partial charge in [0.15, 0.2) is 0 Å². The maximum atomic E-state index is 13.5. The summed E-state index contributed by atoms with van der Waals surface area (Å²) in [5.74, 6) is 2.00. The Hall–Kier alpha value is -4.39. The number of piperidine rings is 1. The van der Waals surface area contributed by atoms with Gasteiger partial charge in [-0.05, 0) is 67.6 Å². The van der Waals surface area contributed by atoms with E-state index in [2.05, 4.69) is 6.07 Å². The van der Waals surface area contributed by atoms with Crippen LogP contribution in [0.5, 0.6) is 17.2 Å². The van der Waals surface area contributed by atoms with Gasteiger partial charge in [0, 0.05) is 30.4 Å². The van der Waals surface area contributed by atoms with Gasteiger partial charge >= 0.3 is 6.09 Å². The number of para-hydroxylation sites is 1. The van der Waals surface area contributed by atoms with E-state index >= 15 is 0 Å². The Morgan fingerprint density at radius 1 is 0.815 bits per heavy atom. The molecule has 5 rings (SSSR count). The van der Waals surface area contributed by atoms with Crippen LogP contribution in [0.25, 0.3) is 10.8 Å². The highest BCUT2D eigenvalue weighted by atomic mass is 16.6. The van der Waals surface area contributed by atoms with Crippen LogP contribution in [-0.4, -0.2) is 101 Å². The average molecular weight is 746 g/mol. The lowest BCUT2D eigenvalue weighted by Crippen LogP contribution is -2.55. The fourth-order valence-corrected chi connectivity index (χ4v) is 6.60. The predicted octanol–water partition coefficient (Wildman–Crippen LogP) is 7.15. The van der Waals surface area contributed by atoms with Gasteiger partial charge < -0.3 is 47.9 Å². The third kappa shape index (κ3) is 11.6. The highest BCUT2D eigenvalue weighted by Crippen LogP contribution is 2.36. The summed E-state index contributed by atoms with van der Waals surface area (Å²) in [6, 6.07) is 27.8. The quantitative estimate of drug-likeness (QED) is 0.105. The second-order valence-corrected chi connectivity index (χ2v) is 14.4. The van der Waals surface area contributed by atoms with Crippen LogP contribution in [0.1, 0.15) is 49.8 Å². The van der Waals surface area contributed by atoms with Crippen molar-refractivity contribution in [2.75, 3.05) is 60.8 Å². The molecule has 1 fully saturated rings. The number of carbonyl (C=O) groups excluding carboxylic acids is 1. The van der Waals surface area contributed by atoms with E-state index in [0.717, 1.165) is 51.1 Å². The highest BCUT2D eigenvalue weighted by molar-refractivity contribution is 5.89. The van der Waals surface area contributed by atoms with Crippen LogP contribution in [0.3, 0.4) is 0 Å². The maximum absolute atomic E-state index is 13.5. The first kappa shape index (κ1) is 40.8. The number of nitrogens with zero attached hydrogens (tertiary/aromatic N) is 1. The molecule has 0 spiro atoms. The first-order chi connectivity index (χ1) is 26.1. The van der Waals surface area contributed by atoms with Gasteiger partial charge in [-0.25, -0.2) is 4.79 Å². The van der Waals surface area contributed by atoms with Gasteiger partial charge in [0.2, 0.25) is 0 Å². The Bertz CT molecular complexity index is 1760. The number of hydrogen-bond acceptors (Lipinski definition) is 10. The van der Waals surface area contributed by atoms with Gasteiger partial charge in [-0.15, -0.1) is 0 Å². The molecule has 1 aliphatic heterocycles. The van der Waals surface area contributed by atoms with E-state index in [9.17, 15) is 9.90 Å². The van der Waals surface area contributed by atoms with E-state index in [1.54, 1.807) is 19.1 Å². The van der Waals surface area contributed by atoms with Gasteiger partial charge in [-0.2, -0.15) is 0 Å². The van der Waals surface area contributed by atoms with Gasteiger partial charge in [-0.3, -0.25) is 0 Å². The molecule has 4 aromatic carbocycles. The maximum Gasteiger partial charge on any atom is 0.410 e. The fraction of sp³-hybridized carbons (Fsp3) is 0.465. The molecule has 1 aliphatic rings. The summed E-state index contributed by atoms with van der Waals surface area (Å²) in [5.41, 5.74) is 2.21. The minimum Gasteiger partial charge on any atom is -0.496 e. The van der Waals surface area contributed by atoms with Crippen molar-refractivity contribution in [1.29, 1.82) is 0 Å². The van der Waals surface area contributed by atoms with Gasteiger partial charge in [0.05, 0.1) is 79.2 Å². The number of carbonyl (C=O) groups is 1. The lowest BCUT2D eigenvalue weighted by atomic mass is 9.84. The summed E-state index contributed by atoms with van der Waals surface area (Å²) < 4.78 is 47.1. The molecule has 1 saturated heterocycles. The first-order valence-corrected chi connectivity index (χ1v) is 18.4. The largest absolute Gasteiger partial charge is 0.496 e. The van der Waals surface area contributed by atoms with E-state index < -0.39 is 30.0 Å². The number of methoxy groups -OCH3 is 3. The lowest BCUT2D eigenvalue weighted by molar-refractivity contribution is -0.112. The number of ether oxygens (including phenoxy) is 8. The van der Waals surface area contributed by atoms with Crippen molar-refractivity contribution in [2.24, 2.45) is 0 Å². The van der Waals surface area contributed by atoms with Crippen molar-refractivity contribution in [1.82, 2.24) is 4.90 Å². The molecule has 4 atom stereocenters. The third-order valence-electron chi connectivity index (χ3n) is 9.10. The van der Waals surface area contributed by atoms with Crippen LogP contribution in [0.4, 0.5) is 4.79 Å². The lowest BCUT2D eigenvalue weighted by Gasteiger charge is -2.44. The van der Waals surface area contributed by atoms with Gasteiger partial charge in [0.25, 0.3) is 0 Å². The molecular formula is C43H55NO10.